The summed E-state index contributed by atoms with van der Waals surface area (Å²) in [7, 11) is 0. The van der Waals surface area contributed by atoms with E-state index in [0.717, 1.165) is 6.42 Å². The van der Waals surface area contributed by atoms with Gasteiger partial charge in [-0.05, 0) is 36.8 Å². The Morgan fingerprint density at radius 2 is 2.48 bits per heavy atom. The van der Waals surface area contributed by atoms with Crippen LogP contribution in [0.25, 0.3) is 0 Å². The minimum Gasteiger partial charge on any atom is -0.477 e. The summed E-state index contributed by atoms with van der Waals surface area (Å²) in [5.41, 5.74) is 1.67. The van der Waals surface area contributed by atoms with Crippen LogP contribution in [-0.4, -0.2) is 34.2 Å². The highest BCUT2D eigenvalue weighted by Crippen LogP contribution is 2.46. The Bertz CT molecular complexity index is 611. The van der Waals surface area contributed by atoms with Crippen LogP contribution in [0.2, 0.25) is 0 Å². The molecule has 2 aromatic rings. The lowest BCUT2D eigenvalue weighted by Crippen LogP contribution is -2.26. The van der Waals surface area contributed by atoms with Crippen LogP contribution in [0.5, 0.6) is 5.88 Å². The summed E-state index contributed by atoms with van der Waals surface area (Å²) in [4.78, 5) is 16.1. The first-order valence-corrected chi connectivity index (χ1v) is 7.14. The van der Waals surface area contributed by atoms with Crippen molar-refractivity contribution < 1.29 is 9.53 Å². The molecule has 3 rings (SSSR count). The van der Waals surface area contributed by atoms with Crippen LogP contribution >= 0.6 is 0 Å². The normalized spacial score (nSPS) is 20.0. The molecule has 2 aromatic heterocycles. The maximum atomic E-state index is 12.0. The highest BCUT2D eigenvalue weighted by Gasteiger charge is 2.38. The van der Waals surface area contributed by atoms with Crippen molar-refractivity contribution in [2.45, 2.75) is 19.3 Å². The summed E-state index contributed by atoms with van der Waals surface area (Å²) in [5, 5.41) is 9.53. The summed E-state index contributed by atoms with van der Waals surface area (Å²) in [5.74, 6) is 1.31. The number of rotatable bonds is 6. The van der Waals surface area contributed by atoms with Crippen LogP contribution in [-0.2, 0) is 0 Å². The molecule has 0 aliphatic heterocycles. The molecule has 0 radical (unpaired) electrons. The third-order valence-electron chi connectivity index (χ3n) is 3.65. The number of nitrogens with one attached hydrogen (secondary N) is 2. The van der Waals surface area contributed by atoms with Gasteiger partial charge in [0.25, 0.3) is 5.91 Å². The smallest absolute Gasteiger partial charge is 0.269 e. The molecule has 1 amide bonds. The molecule has 21 heavy (non-hydrogen) atoms. The SMILES string of the molecule is CCOc1cc(C(=O)NC[C@@H]2C[C@H]2c2cccnc2)[nH]n1. The Kier molecular flexibility index (Phi) is 3.85. The van der Waals surface area contributed by atoms with Gasteiger partial charge in [0.2, 0.25) is 5.88 Å². The molecule has 1 saturated carbocycles. The largest absolute Gasteiger partial charge is 0.477 e. The molecule has 2 atom stereocenters. The van der Waals surface area contributed by atoms with Gasteiger partial charge in [-0.25, -0.2) is 0 Å². The van der Waals surface area contributed by atoms with E-state index >= 15 is 0 Å². The number of carbonyl (C=O) groups excluding carboxylic acids is 1. The zero-order valence-electron chi connectivity index (χ0n) is 11.9. The fourth-order valence-corrected chi connectivity index (χ4v) is 2.44. The fraction of sp³-hybridized carbons (Fsp3) is 0.400. The van der Waals surface area contributed by atoms with Gasteiger partial charge in [-0.1, -0.05) is 6.07 Å². The van der Waals surface area contributed by atoms with Crippen molar-refractivity contribution in [2.24, 2.45) is 5.92 Å². The highest BCUT2D eigenvalue weighted by molar-refractivity contribution is 5.92. The standard InChI is InChI=1S/C15H18N4O2/c1-2-21-14-7-13(18-19-14)15(20)17-9-11-6-12(11)10-4-3-5-16-8-10/h3-5,7-8,11-12H,2,6,9H2,1H3,(H,17,20)(H,18,19)/t11-,12-/m0/s1. The number of ether oxygens (including phenoxy) is 1. The van der Waals surface area contributed by atoms with Gasteiger partial charge < -0.3 is 10.1 Å². The first kappa shape index (κ1) is 13.6. The van der Waals surface area contributed by atoms with Gasteiger partial charge in [-0.15, -0.1) is 5.10 Å². The Morgan fingerprint density at radius 3 is 3.24 bits per heavy atom. The summed E-state index contributed by atoms with van der Waals surface area (Å²) in [6, 6.07) is 5.65. The second kappa shape index (κ2) is 5.95. The van der Waals surface area contributed by atoms with Crippen LogP contribution in [0.15, 0.2) is 30.6 Å². The number of aromatic amines is 1. The van der Waals surface area contributed by atoms with Gasteiger partial charge in [0.15, 0.2) is 0 Å². The van der Waals surface area contributed by atoms with Gasteiger partial charge >= 0.3 is 0 Å². The average molecular weight is 286 g/mol. The molecule has 110 valence electrons. The van der Waals surface area contributed by atoms with Crippen molar-refractivity contribution in [1.29, 1.82) is 0 Å². The number of carbonyl (C=O) groups is 1. The Labute approximate surface area is 122 Å². The van der Waals surface area contributed by atoms with Crippen molar-refractivity contribution in [3.8, 4) is 5.88 Å². The van der Waals surface area contributed by atoms with E-state index < -0.39 is 0 Å². The monoisotopic (exact) mass is 286 g/mol. The van der Waals surface area contributed by atoms with Crippen LogP contribution < -0.4 is 10.1 Å². The minimum absolute atomic E-state index is 0.148. The lowest BCUT2D eigenvalue weighted by atomic mass is 10.1. The summed E-state index contributed by atoms with van der Waals surface area (Å²) in [6.45, 7) is 3.07. The Morgan fingerprint density at radius 1 is 1.57 bits per heavy atom. The molecule has 0 unspecified atom stereocenters. The predicted molar refractivity (Wildman–Crippen MR) is 77.2 cm³/mol. The van der Waals surface area contributed by atoms with Gasteiger partial charge in [0, 0.05) is 25.0 Å². The van der Waals surface area contributed by atoms with E-state index in [9.17, 15) is 4.79 Å². The number of hydrogen-bond acceptors (Lipinski definition) is 4. The molecule has 1 aliphatic rings. The second-order valence-electron chi connectivity index (χ2n) is 5.15. The number of hydrogen-bond donors (Lipinski definition) is 2. The van der Waals surface area contributed by atoms with Crippen LogP contribution in [0, 0.1) is 5.92 Å². The van der Waals surface area contributed by atoms with E-state index in [-0.39, 0.29) is 5.91 Å². The highest BCUT2D eigenvalue weighted by atomic mass is 16.5. The molecule has 1 fully saturated rings. The van der Waals surface area contributed by atoms with Crippen LogP contribution in [0.3, 0.4) is 0 Å². The molecule has 6 nitrogen and oxygen atoms in total. The molecular weight excluding hydrogens is 268 g/mol. The van der Waals surface area contributed by atoms with Gasteiger partial charge in [-0.3, -0.25) is 14.9 Å². The zero-order valence-corrected chi connectivity index (χ0v) is 11.9. The fourth-order valence-electron chi connectivity index (χ4n) is 2.44. The minimum atomic E-state index is -0.148. The van der Waals surface area contributed by atoms with Gasteiger partial charge in [0.05, 0.1) is 6.61 Å². The first-order chi connectivity index (χ1) is 10.3. The molecule has 2 heterocycles. The molecule has 0 bridgehead atoms. The molecule has 0 aromatic carbocycles. The molecule has 1 aliphatic carbocycles. The van der Waals surface area contributed by atoms with E-state index in [4.69, 9.17) is 4.74 Å². The first-order valence-electron chi connectivity index (χ1n) is 7.14. The van der Waals surface area contributed by atoms with Gasteiger partial charge in [0.1, 0.15) is 5.69 Å². The van der Waals surface area contributed by atoms with E-state index in [1.54, 1.807) is 12.3 Å². The third-order valence-corrected chi connectivity index (χ3v) is 3.65. The van der Waals surface area contributed by atoms with Crippen molar-refractivity contribution in [3.05, 3.63) is 41.9 Å². The molecule has 2 N–H and O–H groups in total. The molecule has 6 heteroatoms. The van der Waals surface area contributed by atoms with E-state index in [1.165, 1.54) is 5.56 Å². The number of pyridine rings is 1. The second-order valence-corrected chi connectivity index (χ2v) is 5.15. The van der Waals surface area contributed by atoms with E-state index in [1.807, 2.05) is 19.2 Å². The zero-order chi connectivity index (χ0) is 14.7. The van der Waals surface area contributed by atoms with Crippen molar-refractivity contribution in [1.82, 2.24) is 20.5 Å². The van der Waals surface area contributed by atoms with Crippen molar-refractivity contribution in [2.75, 3.05) is 13.2 Å². The summed E-state index contributed by atoms with van der Waals surface area (Å²) < 4.78 is 5.22. The summed E-state index contributed by atoms with van der Waals surface area (Å²) >= 11 is 0. The molecular formula is C15H18N4O2. The maximum absolute atomic E-state index is 12.0. The molecule has 0 saturated heterocycles. The molecule has 0 spiro atoms. The number of amides is 1. The summed E-state index contributed by atoms with van der Waals surface area (Å²) in [6.07, 6.45) is 4.77. The van der Waals surface area contributed by atoms with Crippen molar-refractivity contribution >= 4 is 5.91 Å². The van der Waals surface area contributed by atoms with Crippen LogP contribution in [0.1, 0.15) is 35.3 Å². The van der Waals surface area contributed by atoms with E-state index in [0.29, 0.717) is 36.6 Å². The number of nitrogens with zero attached hydrogens (tertiary/aromatic N) is 2. The topological polar surface area (TPSA) is 79.9 Å². The van der Waals surface area contributed by atoms with Gasteiger partial charge in [-0.2, -0.15) is 0 Å². The van der Waals surface area contributed by atoms with Crippen molar-refractivity contribution in [3.63, 3.8) is 0 Å². The predicted octanol–water partition coefficient (Wildman–Crippen LogP) is 1.74. The Hall–Kier alpha value is -2.37. The quantitative estimate of drug-likeness (QED) is 0.847. The lowest BCUT2D eigenvalue weighted by Gasteiger charge is -2.03. The van der Waals surface area contributed by atoms with Crippen LogP contribution in [0.4, 0.5) is 0 Å². The average Bonchev–Trinajstić information content (AvgIpc) is 3.15. The number of H-pyrrole nitrogens is 1. The Balaban J connectivity index is 1.48. The van der Waals surface area contributed by atoms with E-state index in [2.05, 4.69) is 26.6 Å². The number of aromatic nitrogens is 3. The lowest BCUT2D eigenvalue weighted by molar-refractivity contribution is 0.0946. The maximum Gasteiger partial charge on any atom is 0.269 e. The third kappa shape index (κ3) is 3.21.